The maximum atomic E-state index is 12.2. The van der Waals surface area contributed by atoms with Gasteiger partial charge in [-0.3, -0.25) is 9.59 Å². The van der Waals surface area contributed by atoms with Gasteiger partial charge in [-0.15, -0.1) is 0 Å². The van der Waals surface area contributed by atoms with E-state index >= 15 is 0 Å². The Kier molecular flexibility index (Phi) is 10.5. The van der Waals surface area contributed by atoms with Gasteiger partial charge in [0, 0.05) is 50.6 Å². The summed E-state index contributed by atoms with van der Waals surface area (Å²) in [5.41, 5.74) is 5.78. The Balaban J connectivity index is 1.28. The number of aromatic nitrogens is 2. The van der Waals surface area contributed by atoms with Crippen molar-refractivity contribution in [3.8, 4) is 11.1 Å². The Hall–Kier alpha value is -3.96. The highest BCUT2D eigenvalue weighted by atomic mass is 32.2. The van der Waals surface area contributed by atoms with Gasteiger partial charge in [0.1, 0.15) is 0 Å². The molecule has 9 nitrogen and oxygen atoms in total. The lowest BCUT2D eigenvalue weighted by atomic mass is 9.99. The number of amides is 1. The number of ether oxygens (including phenoxy) is 3. The SMILES string of the molecule is CC(=O)OC(C)C(=O)NCc1cccc(-c2ccc(C3OC(CSc4nccn4C)CC(c4ccc(CO)cc4)O3)cc2)c1. The van der Waals surface area contributed by atoms with Crippen molar-refractivity contribution in [3.05, 3.63) is 107 Å². The lowest BCUT2D eigenvalue weighted by Gasteiger charge is -2.36. The Bertz CT molecular complexity index is 1560. The molecule has 0 bridgehead atoms. The zero-order valence-corrected chi connectivity index (χ0v) is 25.8. The van der Waals surface area contributed by atoms with Crippen molar-refractivity contribution < 1.29 is 28.9 Å². The van der Waals surface area contributed by atoms with E-state index in [0.29, 0.717) is 13.0 Å². The van der Waals surface area contributed by atoms with Gasteiger partial charge < -0.3 is 29.2 Å². The van der Waals surface area contributed by atoms with Gasteiger partial charge in [0.2, 0.25) is 0 Å². The Labute approximate surface area is 261 Å². The summed E-state index contributed by atoms with van der Waals surface area (Å²) >= 11 is 1.66. The minimum Gasteiger partial charge on any atom is -0.453 e. The van der Waals surface area contributed by atoms with E-state index in [9.17, 15) is 14.7 Å². The molecule has 5 rings (SSSR count). The summed E-state index contributed by atoms with van der Waals surface area (Å²) in [6, 6.07) is 23.9. The van der Waals surface area contributed by atoms with Crippen LogP contribution in [0.2, 0.25) is 0 Å². The van der Waals surface area contributed by atoms with E-state index in [1.54, 1.807) is 24.9 Å². The van der Waals surface area contributed by atoms with Crippen molar-refractivity contribution in [1.29, 1.82) is 0 Å². The Morgan fingerprint density at radius 1 is 1.05 bits per heavy atom. The van der Waals surface area contributed by atoms with Gasteiger partial charge in [0.25, 0.3) is 5.91 Å². The molecule has 4 atom stereocenters. The molecule has 0 aliphatic carbocycles. The number of esters is 1. The van der Waals surface area contributed by atoms with Crippen LogP contribution in [0.5, 0.6) is 0 Å². The molecule has 1 saturated heterocycles. The molecule has 2 N–H and O–H groups in total. The maximum absolute atomic E-state index is 12.2. The van der Waals surface area contributed by atoms with E-state index in [4.69, 9.17) is 14.2 Å². The van der Waals surface area contributed by atoms with Crippen LogP contribution in [0.4, 0.5) is 0 Å². The van der Waals surface area contributed by atoms with Gasteiger partial charge in [-0.1, -0.05) is 78.5 Å². The van der Waals surface area contributed by atoms with E-state index in [2.05, 4.69) is 10.3 Å². The largest absolute Gasteiger partial charge is 0.453 e. The lowest BCUT2D eigenvalue weighted by molar-refractivity contribution is -0.245. The first-order chi connectivity index (χ1) is 21.3. The highest BCUT2D eigenvalue weighted by Crippen LogP contribution is 2.39. The Morgan fingerprint density at radius 2 is 1.80 bits per heavy atom. The highest BCUT2D eigenvalue weighted by molar-refractivity contribution is 7.99. The number of aliphatic hydroxyl groups is 1. The van der Waals surface area contributed by atoms with Crippen molar-refractivity contribution in [1.82, 2.24) is 14.9 Å². The van der Waals surface area contributed by atoms with Gasteiger partial charge >= 0.3 is 5.97 Å². The average molecular weight is 616 g/mol. The van der Waals surface area contributed by atoms with Gasteiger partial charge in [-0.25, -0.2) is 4.98 Å². The number of rotatable bonds is 11. The van der Waals surface area contributed by atoms with Crippen molar-refractivity contribution in [2.75, 3.05) is 5.75 Å². The van der Waals surface area contributed by atoms with Crippen LogP contribution in [0, 0.1) is 0 Å². The number of carbonyl (C=O) groups excluding carboxylic acids is 2. The number of hydrogen-bond acceptors (Lipinski definition) is 8. The topological polar surface area (TPSA) is 112 Å². The van der Waals surface area contributed by atoms with Gasteiger partial charge in [0.15, 0.2) is 17.6 Å². The number of nitrogens with zero attached hydrogens (tertiary/aromatic N) is 2. The molecule has 1 fully saturated rings. The first-order valence-electron chi connectivity index (χ1n) is 14.5. The molecule has 1 aliphatic rings. The van der Waals surface area contributed by atoms with Crippen LogP contribution in [0.15, 0.2) is 90.3 Å². The molecule has 1 aliphatic heterocycles. The van der Waals surface area contributed by atoms with Crippen LogP contribution >= 0.6 is 11.8 Å². The summed E-state index contributed by atoms with van der Waals surface area (Å²) in [7, 11) is 1.98. The molecule has 0 saturated carbocycles. The number of carbonyl (C=O) groups is 2. The highest BCUT2D eigenvalue weighted by Gasteiger charge is 2.32. The molecule has 10 heteroatoms. The number of benzene rings is 3. The van der Waals surface area contributed by atoms with Gasteiger partial charge in [-0.05, 0) is 40.8 Å². The lowest BCUT2D eigenvalue weighted by Crippen LogP contribution is -2.35. The van der Waals surface area contributed by atoms with Crippen LogP contribution in [-0.4, -0.2) is 44.5 Å². The normalized spacial score (nSPS) is 18.9. The smallest absolute Gasteiger partial charge is 0.303 e. The van der Waals surface area contributed by atoms with E-state index in [-0.39, 0.29) is 24.7 Å². The second kappa shape index (κ2) is 14.7. The zero-order valence-electron chi connectivity index (χ0n) is 25.0. The van der Waals surface area contributed by atoms with Crippen LogP contribution in [0.3, 0.4) is 0 Å². The summed E-state index contributed by atoms with van der Waals surface area (Å²) < 4.78 is 19.9. The zero-order chi connectivity index (χ0) is 31.1. The van der Waals surface area contributed by atoms with Crippen LogP contribution in [-0.2, 0) is 44.0 Å². The number of nitrogens with one attached hydrogen (secondary N) is 1. The average Bonchev–Trinajstić information content (AvgIpc) is 3.46. The number of thioether (sulfide) groups is 1. The second-order valence-electron chi connectivity index (χ2n) is 10.8. The molecule has 2 heterocycles. The third-order valence-electron chi connectivity index (χ3n) is 7.41. The first-order valence-corrected chi connectivity index (χ1v) is 15.5. The van der Waals surface area contributed by atoms with Gasteiger partial charge in [-0.2, -0.15) is 0 Å². The predicted molar refractivity (Wildman–Crippen MR) is 167 cm³/mol. The minimum atomic E-state index is -0.847. The summed E-state index contributed by atoms with van der Waals surface area (Å²) in [5, 5.41) is 13.2. The molecular weight excluding hydrogens is 578 g/mol. The third-order valence-corrected chi connectivity index (χ3v) is 8.60. The van der Waals surface area contributed by atoms with Crippen molar-refractivity contribution in [3.63, 3.8) is 0 Å². The summed E-state index contributed by atoms with van der Waals surface area (Å²) in [6.45, 7) is 3.14. The first kappa shape index (κ1) is 31.5. The number of hydrogen-bond donors (Lipinski definition) is 2. The minimum absolute atomic E-state index is 0.000346. The third kappa shape index (κ3) is 8.15. The quantitative estimate of drug-likeness (QED) is 0.168. The fourth-order valence-electron chi connectivity index (χ4n) is 5.01. The molecule has 1 amide bonds. The van der Waals surface area contributed by atoms with E-state index in [1.165, 1.54) is 6.92 Å². The molecule has 0 spiro atoms. The molecule has 3 aromatic carbocycles. The summed E-state index contributed by atoms with van der Waals surface area (Å²) in [4.78, 5) is 27.8. The molecule has 230 valence electrons. The maximum Gasteiger partial charge on any atom is 0.303 e. The van der Waals surface area contributed by atoms with Crippen molar-refractivity contribution >= 4 is 23.6 Å². The molecule has 0 radical (unpaired) electrons. The second-order valence-corrected chi connectivity index (χ2v) is 11.8. The molecular formula is C34H37N3O6S. The Morgan fingerprint density at radius 3 is 2.48 bits per heavy atom. The van der Waals surface area contributed by atoms with Crippen molar-refractivity contribution in [2.45, 2.75) is 63.2 Å². The fraction of sp³-hybridized carbons (Fsp3) is 0.324. The number of aliphatic hydroxyl groups excluding tert-OH is 1. The van der Waals surface area contributed by atoms with E-state index in [1.807, 2.05) is 90.6 Å². The molecule has 4 aromatic rings. The fourth-order valence-corrected chi connectivity index (χ4v) is 5.96. The predicted octanol–water partition coefficient (Wildman–Crippen LogP) is 5.48. The van der Waals surface area contributed by atoms with Crippen LogP contribution < -0.4 is 5.32 Å². The number of imidazole rings is 1. The van der Waals surface area contributed by atoms with E-state index < -0.39 is 18.4 Å². The number of aryl methyl sites for hydroxylation is 1. The molecule has 4 unspecified atom stereocenters. The van der Waals surface area contributed by atoms with E-state index in [0.717, 1.165) is 44.3 Å². The van der Waals surface area contributed by atoms with Gasteiger partial charge in [0.05, 0.1) is 18.8 Å². The molecule has 44 heavy (non-hydrogen) atoms. The standard InChI is InChI=1S/C34H37N3O6S/c1-22(41-23(2)39)32(40)36-19-25-5-4-6-29(17-25)26-11-13-28(14-12-26)33-42-30(21-44-34-35-15-16-37(34)3)18-31(43-33)27-9-7-24(20-38)8-10-27/h4-17,22,30-31,33,38H,18-21H2,1-3H3,(H,36,40). The molecule has 1 aromatic heterocycles. The monoisotopic (exact) mass is 615 g/mol. The van der Waals surface area contributed by atoms with Crippen molar-refractivity contribution in [2.24, 2.45) is 7.05 Å². The van der Waals surface area contributed by atoms with Crippen LogP contribution in [0.25, 0.3) is 11.1 Å². The van der Waals surface area contributed by atoms with Crippen LogP contribution in [0.1, 0.15) is 54.9 Å². The summed E-state index contributed by atoms with van der Waals surface area (Å²) in [5.74, 6) is -0.105. The summed E-state index contributed by atoms with van der Waals surface area (Å²) in [6.07, 6.45) is 2.81.